The Labute approximate surface area is 88.6 Å². The van der Waals surface area contributed by atoms with Crippen LogP contribution in [-0.4, -0.2) is 12.1 Å². The van der Waals surface area contributed by atoms with Crippen LogP contribution in [0, 0.1) is 0 Å². The molecule has 0 unspecified atom stereocenters. The van der Waals surface area contributed by atoms with Gasteiger partial charge in [0.1, 0.15) is 6.29 Å². The van der Waals surface area contributed by atoms with Gasteiger partial charge in [-0.2, -0.15) is 0 Å². The first kappa shape index (κ1) is 9.84. The number of hydrogen-bond acceptors (Lipinski definition) is 2. The summed E-state index contributed by atoms with van der Waals surface area (Å²) in [5.41, 5.74) is 2.56. The fourth-order valence-corrected chi connectivity index (χ4v) is 1.76. The first-order valence-electron chi connectivity index (χ1n) is 5.08. The highest BCUT2D eigenvalue weighted by molar-refractivity contribution is 6.01. The van der Waals surface area contributed by atoms with Gasteiger partial charge in [-0.15, -0.1) is 0 Å². The summed E-state index contributed by atoms with van der Waals surface area (Å²) in [7, 11) is 0. The van der Waals surface area contributed by atoms with Crippen LogP contribution in [0.4, 0.5) is 0 Å². The van der Waals surface area contributed by atoms with Gasteiger partial charge in [0.2, 0.25) is 0 Å². The molecule has 1 fully saturated rings. The fraction of sp³-hybridized carbons (Fsp3) is 0.231. The molecule has 0 saturated heterocycles. The normalized spacial score (nSPS) is 18.4. The zero-order chi connectivity index (χ0) is 10.7. The van der Waals surface area contributed by atoms with E-state index >= 15 is 0 Å². The van der Waals surface area contributed by atoms with Crippen LogP contribution in [0.25, 0.3) is 6.08 Å². The summed E-state index contributed by atoms with van der Waals surface area (Å²) < 4.78 is 0. The number of ketones is 1. The van der Waals surface area contributed by atoms with E-state index in [0.29, 0.717) is 12.0 Å². The lowest BCUT2D eigenvalue weighted by atomic mass is 10.1. The molecule has 2 rings (SSSR count). The second kappa shape index (κ2) is 4.22. The highest BCUT2D eigenvalue weighted by Crippen LogP contribution is 2.22. The zero-order valence-corrected chi connectivity index (χ0v) is 8.40. The highest BCUT2D eigenvalue weighted by Gasteiger charge is 2.16. The standard InChI is InChI=1S/C13H12O2/c14-9-11-6-4-10(5-7-11)8-12-2-1-3-13(12)15/h4-9H,1-3H2/b12-8-. The van der Waals surface area contributed by atoms with E-state index in [1.807, 2.05) is 18.2 Å². The van der Waals surface area contributed by atoms with Gasteiger partial charge in [-0.05, 0) is 30.1 Å². The molecule has 0 heterocycles. The van der Waals surface area contributed by atoms with Crippen LogP contribution < -0.4 is 0 Å². The second-order valence-electron chi connectivity index (χ2n) is 3.73. The molecule has 15 heavy (non-hydrogen) atoms. The molecule has 1 saturated carbocycles. The van der Waals surface area contributed by atoms with Crippen molar-refractivity contribution in [2.45, 2.75) is 19.3 Å². The molecule has 0 bridgehead atoms. The molecule has 1 aliphatic rings. The number of aldehydes is 1. The van der Waals surface area contributed by atoms with Gasteiger partial charge in [0.05, 0.1) is 0 Å². The van der Waals surface area contributed by atoms with Gasteiger partial charge < -0.3 is 0 Å². The monoisotopic (exact) mass is 200 g/mol. The average molecular weight is 200 g/mol. The van der Waals surface area contributed by atoms with Gasteiger partial charge >= 0.3 is 0 Å². The summed E-state index contributed by atoms with van der Waals surface area (Å²) in [5.74, 6) is 0.259. The predicted octanol–water partition coefficient (Wildman–Crippen LogP) is 2.64. The van der Waals surface area contributed by atoms with Crippen LogP contribution in [0.15, 0.2) is 29.8 Å². The lowest BCUT2D eigenvalue weighted by molar-refractivity contribution is -0.114. The van der Waals surface area contributed by atoms with Crippen molar-refractivity contribution in [1.82, 2.24) is 0 Å². The first-order chi connectivity index (χ1) is 7.29. The van der Waals surface area contributed by atoms with Crippen LogP contribution >= 0.6 is 0 Å². The molecule has 0 atom stereocenters. The SMILES string of the molecule is O=Cc1ccc(/C=C2/CCCC2=O)cc1. The van der Waals surface area contributed by atoms with E-state index in [4.69, 9.17) is 0 Å². The summed E-state index contributed by atoms with van der Waals surface area (Å²) in [6.45, 7) is 0. The molecule has 0 aliphatic heterocycles. The molecule has 0 N–H and O–H groups in total. The molecular formula is C13H12O2. The molecule has 0 spiro atoms. The van der Waals surface area contributed by atoms with Crippen molar-refractivity contribution in [3.63, 3.8) is 0 Å². The van der Waals surface area contributed by atoms with E-state index in [1.165, 1.54) is 0 Å². The molecule has 2 heteroatoms. The number of rotatable bonds is 2. The molecule has 1 aromatic rings. The molecular weight excluding hydrogens is 188 g/mol. The molecule has 76 valence electrons. The van der Waals surface area contributed by atoms with Crippen molar-refractivity contribution in [3.8, 4) is 0 Å². The Kier molecular flexibility index (Phi) is 2.77. The van der Waals surface area contributed by atoms with Gasteiger partial charge in [0, 0.05) is 12.0 Å². The summed E-state index contributed by atoms with van der Waals surface area (Å²) >= 11 is 0. The Morgan fingerprint density at radius 2 is 1.67 bits per heavy atom. The Bertz CT molecular complexity index is 413. The first-order valence-corrected chi connectivity index (χ1v) is 5.08. The van der Waals surface area contributed by atoms with Crippen molar-refractivity contribution in [2.24, 2.45) is 0 Å². The predicted molar refractivity (Wildman–Crippen MR) is 58.7 cm³/mol. The van der Waals surface area contributed by atoms with Crippen molar-refractivity contribution in [1.29, 1.82) is 0 Å². The minimum atomic E-state index is 0.259. The van der Waals surface area contributed by atoms with E-state index in [2.05, 4.69) is 0 Å². The van der Waals surface area contributed by atoms with Gasteiger partial charge in [-0.1, -0.05) is 24.3 Å². The van der Waals surface area contributed by atoms with Crippen molar-refractivity contribution < 1.29 is 9.59 Å². The van der Waals surface area contributed by atoms with Crippen LogP contribution in [0.1, 0.15) is 35.2 Å². The van der Waals surface area contributed by atoms with Gasteiger partial charge in [0.25, 0.3) is 0 Å². The fourth-order valence-electron chi connectivity index (χ4n) is 1.76. The minimum Gasteiger partial charge on any atom is -0.298 e. The smallest absolute Gasteiger partial charge is 0.158 e. The van der Waals surface area contributed by atoms with Crippen molar-refractivity contribution in [2.75, 3.05) is 0 Å². The Morgan fingerprint density at radius 1 is 1.00 bits per heavy atom. The number of benzene rings is 1. The van der Waals surface area contributed by atoms with Crippen LogP contribution in [0.5, 0.6) is 0 Å². The van der Waals surface area contributed by atoms with E-state index in [9.17, 15) is 9.59 Å². The lowest BCUT2D eigenvalue weighted by Crippen LogP contribution is -1.90. The van der Waals surface area contributed by atoms with E-state index in [-0.39, 0.29) is 5.78 Å². The third kappa shape index (κ3) is 2.21. The number of hydrogen-bond donors (Lipinski definition) is 0. The van der Waals surface area contributed by atoms with Gasteiger partial charge in [-0.25, -0.2) is 0 Å². The number of Topliss-reactive ketones (excluding diaryl/α,β-unsaturated/α-hetero) is 1. The molecule has 1 aromatic carbocycles. The number of allylic oxidation sites excluding steroid dienone is 1. The maximum Gasteiger partial charge on any atom is 0.158 e. The molecule has 0 amide bonds. The molecule has 0 aromatic heterocycles. The molecule has 2 nitrogen and oxygen atoms in total. The molecule has 0 radical (unpaired) electrons. The van der Waals surface area contributed by atoms with Crippen molar-refractivity contribution in [3.05, 3.63) is 41.0 Å². The van der Waals surface area contributed by atoms with Gasteiger partial charge in [0.15, 0.2) is 5.78 Å². The molecule has 1 aliphatic carbocycles. The Morgan fingerprint density at radius 3 is 2.20 bits per heavy atom. The third-order valence-corrected chi connectivity index (χ3v) is 2.62. The number of carbonyl (C=O) groups excluding carboxylic acids is 2. The van der Waals surface area contributed by atoms with E-state index in [1.54, 1.807) is 12.1 Å². The Hall–Kier alpha value is -1.70. The summed E-state index contributed by atoms with van der Waals surface area (Å²) in [5, 5.41) is 0. The second-order valence-corrected chi connectivity index (χ2v) is 3.73. The summed E-state index contributed by atoms with van der Waals surface area (Å²) in [6, 6.07) is 7.25. The van der Waals surface area contributed by atoms with E-state index < -0.39 is 0 Å². The minimum absolute atomic E-state index is 0.259. The average Bonchev–Trinajstić information content (AvgIpc) is 2.66. The van der Waals surface area contributed by atoms with Crippen LogP contribution in [0.2, 0.25) is 0 Å². The van der Waals surface area contributed by atoms with E-state index in [0.717, 1.165) is 30.3 Å². The van der Waals surface area contributed by atoms with Crippen LogP contribution in [0.3, 0.4) is 0 Å². The Balaban J connectivity index is 2.23. The maximum absolute atomic E-state index is 11.4. The summed E-state index contributed by atoms with van der Waals surface area (Å²) in [6.07, 6.45) is 5.27. The quantitative estimate of drug-likeness (QED) is 0.543. The van der Waals surface area contributed by atoms with Gasteiger partial charge in [-0.3, -0.25) is 9.59 Å². The topological polar surface area (TPSA) is 34.1 Å². The van der Waals surface area contributed by atoms with Crippen molar-refractivity contribution >= 4 is 18.1 Å². The largest absolute Gasteiger partial charge is 0.298 e. The maximum atomic E-state index is 11.4. The third-order valence-electron chi connectivity index (χ3n) is 2.62. The number of carbonyl (C=O) groups is 2. The lowest BCUT2D eigenvalue weighted by Gasteiger charge is -1.96. The highest BCUT2D eigenvalue weighted by atomic mass is 16.1. The summed E-state index contributed by atoms with van der Waals surface area (Å²) in [4.78, 5) is 21.8. The van der Waals surface area contributed by atoms with Crippen LogP contribution in [-0.2, 0) is 4.79 Å². The zero-order valence-electron chi connectivity index (χ0n) is 8.40.